The number of phosphoric ester groups is 1. The zero-order valence-corrected chi connectivity index (χ0v) is 20.7. The summed E-state index contributed by atoms with van der Waals surface area (Å²) in [6.07, 6.45) is 8.09. The molecular weight excluding hydrogens is 466 g/mol. The van der Waals surface area contributed by atoms with Gasteiger partial charge in [-0.25, -0.2) is 4.31 Å². The molecule has 0 aliphatic rings. The average Bonchev–Trinajstić information content (AvgIpc) is 2.68. The molecule has 11 nitrogen and oxygen atoms in total. The molecule has 0 rings (SSSR count). The molecule has 0 amide bonds. The second-order valence-electron chi connectivity index (χ2n) is 7.42. The van der Waals surface area contributed by atoms with E-state index in [2.05, 4.69) is 22.7 Å². The van der Waals surface area contributed by atoms with E-state index in [4.69, 9.17) is 14.4 Å². The minimum absolute atomic E-state index is 0.0868. The Bertz CT molecular complexity index is 620. The maximum absolute atomic E-state index is 12.0. The predicted molar refractivity (Wildman–Crippen MR) is 112 cm³/mol. The first-order valence-corrected chi connectivity index (χ1v) is 14.0. The van der Waals surface area contributed by atoms with Gasteiger partial charge in [0.05, 0.1) is 6.61 Å². The van der Waals surface area contributed by atoms with Crippen LogP contribution < -0.4 is 9.79 Å². The van der Waals surface area contributed by atoms with Gasteiger partial charge < -0.3 is 28.7 Å². The van der Waals surface area contributed by atoms with Crippen LogP contribution in [-0.4, -0.2) is 36.1 Å². The highest BCUT2D eigenvalue weighted by Gasteiger charge is 2.23. The predicted octanol–water partition coefficient (Wildman–Crippen LogP) is 3.12. The molecule has 0 aromatic carbocycles. The first kappa shape index (κ1) is 31.2. The topological polar surface area (TPSA) is 172 Å². The van der Waals surface area contributed by atoms with Crippen LogP contribution in [0, 0.1) is 0 Å². The van der Waals surface area contributed by atoms with Crippen LogP contribution in [0.2, 0.25) is 0 Å². The van der Waals surface area contributed by atoms with E-state index < -0.39 is 46.9 Å². The van der Waals surface area contributed by atoms with Gasteiger partial charge in [0.25, 0.3) is 15.6 Å². The van der Waals surface area contributed by atoms with E-state index in [9.17, 15) is 28.5 Å². The van der Waals surface area contributed by atoms with Gasteiger partial charge in [-0.3, -0.25) is 18.7 Å². The number of carbonyl (C=O) groups excluding carboxylic acids is 2. The van der Waals surface area contributed by atoms with Gasteiger partial charge in [0, 0.05) is 12.8 Å². The Labute approximate surface area is 190 Å². The highest BCUT2D eigenvalue weighted by atomic mass is 31.3. The summed E-state index contributed by atoms with van der Waals surface area (Å²) in [4.78, 5) is 54.5. The van der Waals surface area contributed by atoms with E-state index in [1.165, 1.54) is 0 Å². The molecule has 0 aliphatic heterocycles. The number of hydrogen-bond donors (Lipinski definition) is 1. The fourth-order valence-corrected chi connectivity index (χ4v) is 4.24. The molecule has 13 heteroatoms. The highest BCUT2D eigenvalue weighted by Crippen LogP contribution is 2.52. The molecule has 0 radical (unpaired) electrons. The van der Waals surface area contributed by atoms with Crippen LogP contribution in [-0.2, 0) is 37.0 Å². The highest BCUT2D eigenvalue weighted by molar-refractivity contribution is 7.59. The number of phosphoric acid groups is 2. The zero-order chi connectivity index (χ0) is 24.5. The monoisotopic (exact) mass is 502 g/mol. The van der Waals surface area contributed by atoms with Crippen molar-refractivity contribution in [2.45, 2.75) is 97.0 Å². The number of hydrogen-bond acceptors (Lipinski definition) is 10. The maximum atomic E-state index is 12.0. The lowest BCUT2D eigenvalue weighted by Crippen LogP contribution is -2.30. The van der Waals surface area contributed by atoms with Gasteiger partial charge in [0.15, 0.2) is 6.10 Å². The van der Waals surface area contributed by atoms with E-state index in [-0.39, 0.29) is 12.8 Å². The molecular formula is C19H36O11P2-2. The van der Waals surface area contributed by atoms with Crippen molar-refractivity contribution in [3.63, 3.8) is 0 Å². The Morgan fingerprint density at radius 1 is 0.812 bits per heavy atom. The summed E-state index contributed by atoms with van der Waals surface area (Å²) in [5.41, 5.74) is 0. The normalized spacial score (nSPS) is 16.0. The number of unbranched alkanes of at least 4 members (excludes halogenated alkanes) is 8. The van der Waals surface area contributed by atoms with Crippen molar-refractivity contribution in [3.05, 3.63) is 0 Å². The maximum Gasteiger partial charge on any atom is 0.306 e. The second-order valence-corrected chi connectivity index (χ2v) is 10.2. The zero-order valence-electron chi connectivity index (χ0n) is 18.9. The van der Waals surface area contributed by atoms with Gasteiger partial charge in [-0.1, -0.05) is 65.2 Å². The fourth-order valence-electron chi connectivity index (χ4n) is 2.69. The number of ether oxygens (including phenoxy) is 2. The lowest BCUT2D eigenvalue weighted by atomic mass is 10.1. The Hall–Kier alpha value is -0.800. The molecule has 0 saturated carbocycles. The van der Waals surface area contributed by atoms with E-state index in [1.54, 1.807) is 0 Å². The van der Waals surface area contributed by atoms with Crippen LogP contribution in [0.25, 0.3) is 0 Å². The smallest absolute Gasteiger partial charge is 0.306 e. The van der Waals surface area contributed by atoms with Crippen molar-refractivity contribution in [1.82, 2.24) is 0 Å². The third kappa shape index (κ3) is 19.9. The molecule has 3 atom stereocenters. The minimum Gasteiger partial charge on any atom is -0.756 e. The van der Waals surface area contributed by atoms with Crippen LogP contribution in [0.1, 0.15) is 90.9 Å². The van der Waals surface area contributed by atoms with Gasteiger partial charge in [0.2, 0.25) is 0 Å². The summed E-state index contributed by atoms with van der Waals surface area (Å²) in [7, 11) is -11.0. The van der Waals surface area contributed by atoms with Crippen LogP contribution in [0.5, 0.6) is 0 Å². The standard InChI is InChI=1S/C19H38O11P2/c1-3-5-7-9-11-13-18(20)27-15-17(16-28-32(25,26)30-31(22,23)24)29-19(21)14-12-10-8-6-4-2/h17H,3-16H2,1-2H3,(H,25,26)(H2,22,23,24)/p-2/t17-/m1/s1. The van der Waals surface area contributed by atoms with Crippen molar-refractivity contribution >= 4 is 27.6 Å². The first-order chi connectivity index (χ1) is 15.0. The van der Waals surface area contributed by atoms with Crippen LogP contribution in [0.4, 0.5) is 0 Å². The van der Waals surface area contributed by atoms with Crippen molar-refractivity contribution in [3.8, 4) is 0 Å². The van der Waals surface area contributed by atoms with Crippen molar-refractivity contribution < 1.29 is 51.7 Å². The molecule has 2 unspecified atom stereocenters. The molecule has 1 N–H and O–H groups in total. The van der Waals surface area contributed by atoms with Gasteiger partial charge >= 0.3 is 11.9 Å². The molecule has 0 aromatic rings. The molecule has 0 heterocycles. The summed E-state index contributed by atoms with van der Waals surface area (Å²) in [6, 6.07) is 0. The quantitative estimate of drug-likeness (QED) is 0.147. The summed E-state index contributed by atoms with van der Waals surface area (Å²) in [5, 5.41) is 0. The van der Waals surface area contributed by atoms with Crippen LogP contribution in [0.3, 0.4) is 0 Å². The van der Waals surface area contributed by atoms with Crippen molar-refractivity contribution in [2.75, 3.05) is 13.2 Å². The number of rotatable bonds is 20. The molecule has 0 bridgehead atoms. The minimum atomic E-state index is -5.59. The van der Waals surface area contributed by atoms with Crippen LogP contribution in [0.15, 0.2) is 0 Å². The van der Waals surface area contributed by atoms with Crippen LogP contribution >= 0.6 is 15.6 Å². The lowest BCUT2D eigenvalue weighted by molar-refractivity contribution is -0.242. The number of esters is 2. The van der Waals surface area contributed by atoms with E-state index >= 15 is 0 Å². The van der Waals surface area contributed by atoms with E-state index in [1.807, 2.05) is 0 Å². The van der Waals surface area contributed by atoms with Gasteiger partial charge in [-0.15, -0.1) is 0 Å². The fraction of sp³-hybridized carbons (Fsp3) is 0.895. The van der Waals surface area contributed by atoms with E-state index in [0.717, 1.165) is 51.4 Å². The Morgan fingerprint density at radius 3 is 1.81 bits per heavy atom. The Balaban J connectivity index is 4.64. The molecule has 190 valence electrons. The largest absolute Gasteiger partial charge is 0.756 e. The third-order valence-corrected chi connectivity index (χ3v) is 6.41. The molecule has 0 spiro atoms. The summed E-state index contributed by atoms with van der Waals surface area (Å²) >= 11 is 0. The van der Waals surface area contributed by atoms with Gasteiger partial charge in [-0.2, -0.15) is 0 Å². The molecule has 0 aromatic heterocycles. The summed E-state index contributed by atoms with van der Waals surface area (Å²) < 4.78 is 40.1. The average molecular weight is 502 g/mol. The summed E-state index contributed by atoms with van der Waals surface area (Å²) in [6.45, 7) is 2.83. The van der Waals surface area contributed by atoms with Gasteiger partial charge in [-0.05, 0) is 12.8 Å². The lowest BCUT2D eigenvalue weighted by Gasteiger charge is -2.28. The van der Waals surface area contributed by atoms with Crippen molar-refractivity contribution in [1.29, 1.82) is 0 Å². The Morgan fingerprint density at radius 2 is 1.31 bits per heavy atom. The molecule has 0 aliphatic carbocycles. The number of carbonyl (C=O) groups is 2. The second kappa shape index (κ2) is 17.6. The first-order valence-electron chi connectivity index (χ1n) is 11.0. The Kier molecular flexibility index (Phi) is 17.2. The van der Waals surface area contributed by atoms with Crippen molar-refractivity contribution in [2.24, 2.45) is 0 Å². The SMILES string of the molecule is CCCCCCCC(=O)OC[C@H](COP(=O)([O-])OP(=O)([O-])O)OC(=O)CCCCCCC. The summed E-state index contributed by atoms with van der Waals surface area (Å²) in [5.74, 6) is -1.17. The molecule has 32 heavy (non-hydrogen) atoms. The molecule has 0 fully saturated rings. The van der Waals surface area contributed by atoms with E-state index in [0.29, 0.717) is 12.8 Å². The third-order valence-electron chi connectivity index (χ3n) is 4.32. The molecule has 0 saturated heterocycles. The van der Waals surface area contributed by atoms with Gasteiger partial charge in [0.1, 0.15) is 6.61 Å².